The van der Waals surface area contributed by atoms with Gasteiger partial charge >= 0.3 is 0 Å². The number of hydrogen-bond acceptors (Lipinski definition) is 3. The summed E-state index contributed by atoms with van der Waals surface area (Å²) in [5, 5.41) is 4.72. The van der Waals surface area contributed by atoms with Gasteiger partial charge in [-0.05, 0) is 30.2 Å². The topological polar surface area (TPSA) is 51.4 Å². The van der Waals surface area contributed by atoms with Gasteiger partial charge in [0.1, 0.15) is 0 Å². The quantitative estimate of drug-likeness (QED) is 0.582. The Morgan fingerprint density at radius 2 is 1.69 bits per heavy atom. The van der Waals surface area contributed by atoms with Crippen molar-refractivity contribution in [2.24, 2.45) is 0 Å². The molecule has 5 nitrogen and oxygen atoms in total. The van der Waals surface area contributed by atoms with Crippen molar-refractivity contribution in [2.75, 3.05) is 39.3 Å². The summed E-state index contributed by atoms with van der Waals surface area (Å²) in [5.41, 5.74) is 3.85. The lowest BCUT2D eigenvalue weighted by atomic mass is 10.1. The van der Waals surface area contributed by atoms with E-state index in [-0.39, 0.29) is 5.91 Å². The number of aromatic nitrogens is 1. The molecule has 29 heavy (non-hydrogen) atoms. The van der Waals surface area contributed by atoms with Gasteiger partial charge in [0.05, 0.1) is 0 Å². The Morgan fingerprint density at radius 1 is 0.931 bits per heavy atom. The molecule has 1 aromatic heterocycles. The standard InChI is InChI=1S/C24H30N4O/c29-24(28-16-14-27(15-17-28)19-20-6-2-1-3-7-20)11-13-25-12-10-21-18-26-23-9-5-4-8-22(21)23/h1-9,18,25-26H,10-17,19H2. The Labute approximate surface area is 172 Å². The van der Waals surface area contributed by atoms with Crippen LogP contribution in [0, 0.1) is 0 Å². The van der Waals surface area contributed by atoms with E-state index >= 15 is 0 Å². The van der Waals surface area contributed by atoms with Crippen LogP contribution in [-0.2, 0) is 17.8 Å². The van der Waals surface area contributed by atoms with Crippen LogP contribution in [0.1, 0.15) is 17.5 Å². The molecule has 2 heterocycles. The van der Waals surface area contributed by atoms with E-state index in [1.165, 1.54) is 22.0 Å². The maximum absolute atomic E-state index is 12.5. The van der Waals surface area contributed by atoms with E-state index in [2.05, 4.69) is 69.9 Å². The van der Waals surface area contributed by atoms with Gasteiger partial charge in [-0.3, -0.25) is 9.69 Å². The van der Waals surface area contributed by atoms with E-state index in [0.717, 1.165) is 52.2 Å². The number of carbonyl (C=O) groups is 1. The number of hydrogen-bond donors (Lipinski definition) is 2. The number of aromatic amines is 1. The smallest absolute Gasteiger partial charge is 0.223 e. The first-order valence-corrected chi connectivity index (χ1v) is 10.6. The summed E-state index contributed by atoms with van der Waals surface area (Å²) in [5.74, 6) is 0.268. The third-order valence-electron chi connectivity index (χ3n) is 5.74. The third kappa shape index (κ3) is 5.25. The summed E-state index contributed by atoms with van der Waals surface area (Å²) in [4.78, 5) is 20.3. The Hall–Kier alpha value is -2.63. The highest BCUT2D eigenvalue weighted by Crippen LogP contribution is 2.17. The summed E-state index contributed by atoms with van der Waals surface area (Å²) >= 11 is 0. The second kappa shape index (κ2) is 9.72. The first-order chi connectivity index (χ1) is 14.3. The van der Waals surface area contributed by atoms with Gasteiger partial charge in [0.2, 0.25) is 5.91 Å². The number of carbonyl (C=O) groups excluding carboxylic acids is 1. The van der Waals surface area contributed by atoms with E-state index in [1.807, 2.05) is 11.0 Å². The molecule has 0 spiro atoms. The van der Waals surface area contributed by atoms with Crippen LogP contribution in [0.4, 0.5) is 0 Å². The monoisotopic (exact) mass is 390 g/mol. The van der Waals surface area contributed by atoms with Crippen molar-refractivity contribution in [2.45, 2.75) is 19.4 Å². The number of nitrogens with zero attached hydrogens (tertiary/aromatic N) is 2. The molecule has 1 aliphatic heterocycles. The molecule has 0 atom stereocenters. The lowest BCUT2D eigenvalue weighted by Crippen LogP contribution is -2.48. The molecule has 2 aromatic carbocycles. The van der Waals surface area contributed by atoms with Crippen molar-refractivity contribution in [3.8, 4) is 0 Å². The molecular formula is C24H30N4O. The predicted octanol–water partition coefficient (Wildman–Crippen LogP) is 3.03. The maximum Gasteiger partial charge on any atom is 0.223 e. The molecule has 5 heteroatoms. The van der Waals surface area contributed by atoms with Crippen LogP contribution in [0.5, 0.6) is 0 Å². The number of piperazine rings is 1. The normalized spacial score (nSPS) is 15.1. The molecule has 4 rings (SSSR count). The minimum atomic E-state index is 0.268. The summed E-state index contributed by atoms with van der Waals surface area (Å²) in [6, 6.07) is 18.9. The summed E-state index contributed by atoms with van der Waals surface area (Å²) in [6.07, 6.45) is 3.63. The van der Waals surface area contributed by atoms with E-state index < -0.39 is 0 Å². The molecule has 152 valence electrons. The van der Waals surface area contributed by atoms with Gasteiger partial charge in [-0.2, -0.15) is 0 Å². The van der Waals surface area contributed by atoms with Gasteiger partial charge in [0.15, 0.2) is 0 Å². The predicted molar refractivity (Wildman–Crippen MR) is 118 cm³/mol. The molecule has 0 unspecified atom stereocenters. The Bertz CT molecular complexity index is 913. The van der Waals surface area contributed by atoms with E-state index in [9.17, 15) is 4.79 Å². The van der Waals surface area contributed by atoms with Crippen LogP contribution < -0.4 is 5.32 Å². The highest BCUT2D eigenvalue weighted by Gasteiger charge is 2.20. The molecule has 2 N–H and O–H groups in total. The summed E-state index contributed by atoms with van der Waals surface area (Å²) in [6.45, 7) is 6.18. The lowest BCUT2D eigenvalue weighted by molar-refractivity contribution is -0.132. The number of amides is 1. The maximum atomic E-state index is 12.5. The molecule has 0 saturated carbocycles. The lowest BCUT2D eigenvalue weighted by Gasteiger charge is -2.34. The van der Waals surface area contributed by atoms with Crippen LogP contribution in [0.15, 0.2) is 60.8 Å². The minimum Gasteiger partial charge on any atom is -0.361 e. The SMILES string of the molecule is O=C(CCNCCc1c[nH]c2ccccc12)N1CCN(Cc2ccccc2)CC1. The third-order valence-corrected chi connectivity index (χ3v) is 5.74. The Kier molecular flexibility index (Phi) is 6.60. The van der Waals surface area contributed by atoms with E-state index in [4.69, 9.17) is 0 Å². The molecule has 3 aromatic rings. The Balaban J connectivity index is 1.13. The number of nitrogens with one attached hydrogen (secondary N) is 2. The number of benzene rings is 2. The molecule has 1 aliphatic rings. The van der Waals surface area contributed by atoms with Crippen molar-refractivity contribution >= 4 is 16.8 Å². The van der Waals surface area contributed by atoms with Crippen LogP contribution in [0.3, 0.4) is 0 Å². The molecule has 1 fully saturated rings. The number of H-pyrrole nitrogens is 1. The number of para-hydroxylation sites is 1. The van der Waals surface area contributed by atoms with Gasteiger partial charge in [-0.1, -0.05) is 48.5 Å². The fourth-order valence-electron chi connectivity index (χ4n) is 4.04. The second-order valence-electron chi connectivity index (χ2n) is 7.75. The highest BCUT2D eigenvalue weighted by atomic mass is 16.2. The first-order valence-electron chi connectivity index (χ1n) is 10.6. The molecule has 0 aliphatic carbocycles. The highest BCUT2D eigenvalue weighted by molar-refractivity contribution is 5.83. The van der Waals surface area contributed by atoms with Gasteiger partial charge < -0.3 is 15.2 Å². The van der Waals surface area contributed by atoms with Gasteiger partial charge in [0, 0.05) is 62.8 Å². The average molecular weight is 391 g/mol. The Morgan fingerprint density at radius 3 is 2.52 bits per heavy atom. The van der Waals surface area contributed by atoms with Crippen LogP contribution in [-0.4, -0.2) is 60.0 Å². The fraction of sp³-hybridized carbons (Fsp3) is 0.375. The van der Waals surface area contributed by atoms with Gasteiger partial charge in [-0.15, -0.1) is 0 Å². The van der Waals surface area contributed by atoms with Gasteiger partial charge in [0.25, 0.3) is 0 Å². The van der Waals surface area contributed by atoms with Crippen LogP contribution in [0.2, 0.25) is 0 Å². The number of fused-ring (bicyclic) bond motifs is 1. The molecule has 0 bridgehead atoms. The van der Waals surface area contributed by atoms with Crippen molar-refractivity contribution in [1.29, 1.82) is 0 Å². The zero-order valence-electron chi connectivity index (χ0n) is 16.9. The fourth-order valence-corrected chi connectivity index (χ4v) is 4.04. The van der Waals surface area contributed by atoms with Crippen molar-refractivity contribution in [3.05, 3.63) is 71.9 Å². The molecular weight excluding hydrogens is 360 g/mol. The summed E-state index contributed by atoms with van der Waals surface area (Å²) < 4.78 is 0. The summed E-state index contributed by atoms with van der Waals surface area (Å²) in [7, 11) is 0. The van der Waals surface area contributed by atoms with Crippen LogP contribution >= 0.6 is 0 Å². The first kappa shape index (κ1) is 19.7. The van der Waals surface area contributed by atoms with Crippen molar-refractivity contribution in [3.63, 3.8) is 0 Å². The zero-order chi connectivity index (χ0) is 19.9. The van der Waals surface area contributed by atoms with Crippen LogP contribution in [0.25, 0.3) is 10.9 Å². The largest absolute Gasteiger partial charge is 0.361 e. The average Bonchev–Trinajstić information content (AvgIpc) is 3.18. The van der Waals surface area contributed by atoms with Crippen molar-refractivity contribution in [1.82, 2.24) is 20.1 Å². The molecule has 1 amide bonds. The van der Waals surface area contributed by atoms with E-state index in [0.29, 0.717) is 6.42 Å². The van der Waals surface area contributed by atoms with Crippen molar-refractivity contribution < 1.29 is 4.79 Å². The molecule has 1 saturated heterocycles. The molecule has 0 radical (unpaired) electrons. The van der Waals surface area contributed by atoms with Gasteiger partial charge in [-0.25, -0.2) is 0 Å². The van der Waals surface area contributed by atoms with E-state index in [1.54, 1.807) is 0 Å². The second-order valence-corrected chi connectivity index (χ2v) is 7.75. The number of rotatable bonds is 8. The zero-order valence-corrected chi connectivity index (χ0v) is 16.9. The minimum absolute atomic E-state index is 0.268.